The summed E-state index contributed by atoms with van der Waals surface area (Å²) in [6, 6.07) is 10.6. The van der Waals surface area contributed by atoms with Gasteiger partial charge in [0, 0.05) is 65.9 Å². The van der Waals surface area contributed by atoms with Gasteiger partial charge in [0.25, 0.3) is 0 Å². The molecule has 16 heteroatoms. The Morgan fingerprint density at radius 2 is 1.04 bits per heavy atom. The van der Waals surface area contributed by atoms with Crippen molar-refractivity contribution in [2.75, 3.05) is 6.61 Å². The summed E-state index contributed by atoms with van der Waals surface area (Å²) in [6.45, 7) is 33.6. The van der Waals surface area contributed by atoms with Crippen molar-refractivity contribution in [1.29, 1.82) is 0 Å². The fourth-order valence-corrected chi connectivity index (χ4v) is 16.0. The van der Waals surface area contributed by atoms with E-state index in [4.69, 9.17) is 13.6 Å². The van der Waals surface area contributed by atoms with Crippen molar-refractivity contribution in [3.63, 3.8) is 0 Å². The summed E-state index contributed by atoms with van der Waals surface area (Å²) in [4.78, 5) is 54.3. The smallest absolute Gasteiger partial charge is 0.343 e. The molecule has 2 atom stereocenters. The molecule has 2 fully saturated rings. The summed E-state index contributed by atoms with van der Waals surface area (Å²) in [5.41, 5.74) is 3.10. The van der Waals surface area contributed by atoms with E-state index in [9.17, 15) is 24.3 Å². The van der Waals surface area contributed by atoms with Gasteiger partial charge in [0.1, 0.15) is 22.8 Å². The number of carbonyl (C=O) groups excluding carboxylic acids is 1. The molecule has 0 spiro atoms. The van der Waals surface area contributed by atoms with E-state index in [2.05, 4.69) is 108 Å². The first-order valence-electron chi connectivity index (χ1n) is 27.0. The zero-order valence-electron chi connectivity index (χ0n) is 47.1. The topological polar surface area (TPSA) is 126 Å². The second-order valence-electron chi connectivity index (χ2n) is 26.2. The number of hydrogen-bond acceptors (Lipinski definition) is 9. The molecule has 10 nitrogen and oxygen atoms in total. The number of thiophene rings is 2. The number of hydrogen-bond donors (Lipinski definition) is 1. The van der Waals surface area contributed by atoms with Crippen LogP contribution in [0.1, 0.15) is 181 Å². The number of carboxylic acid groups (broad SMARTS) is 1. The zero-order chi connectivity index (χ0) is 55.6. The Labute approximate surface area is 456 Å². The van der Waals surface area contributed by atoms with Gasteiger partial charge < -0.3 is 27.8 Å². The van der Waals surface area contributed by atoms with Gasteiger partial charge in [0.2, 0.25) is 10.9 Å². The van der Waals surface area contributed by atoms with E-state index in [-0.39, 0.29) is 73.7 Å². The summed E-state index contributed by atoms with van der Waals surface area (Å²) in [5, 5.41) is 10.0. The van der Waals surface area contributed by atoms with Crippen LogP contribution in [0, 0.1) is 22.5 Å². The highest BCUT2D eigenvalue weighted by molar-refractivity contribution is 7.16. The molecule has 1 N–H and O–H groups in total. The zero-order valence-corrected chi connectivity index (χ0v) is 50.7. The Morgan fingerprint density at radius 1 is 0.658 bits per heavy atom. The van der Waals surface area contributed by atoms with Gasteiger partial charge in [0.05, 0.1) is 29.8 Å². The standard InChI is InChI=1S/C31H40FNO4SSi.C29H36FNO4SSi/c1-9-36-29(35)22-17-33(19-10-11-19)24-16-20(23(32)15-21(24)26(22)34)25-14-18-12-13-31(5,6)28(27(18)38-25)37-39(7,8)30(2,3)4;1-28(2,3)37(6,7)35-26-25-16(10-11-29(26,4)5)12-23(36-25)18-14-22-19(13-21(18)30)24(32)20(27(33)34)15-31(22)17-8-9-17/h14-17,19,28H,9-13H2,1-8H3;12-15,17,26H,8-11H2,1-7H3,(H,33,34). The SMILES string of the molecule is CC1(C)CCc2cc(-c3cc4c(cc3F)c(=O)c(C(=O)O)cn4C3CC3)sc2C1O[Si](C)(C)C(C)(C)C.CCOC(=O)c1cn(C2CC2)c2cc(-c3cc4c(s3)C(O[Si](C)(C)C(C)(C)C)C(C)(C)CC4)c(F)cc2c1=O. The van der Waals surface area contributed by atoms with Crippen LogP contribution in [0.2, 0.25) is 36.3 Å². The molecule has 4 heterocycles. The number of carboxylic acids is 1. The Kier molecular flexibility index (Phi) is 14.5. The third-order valence-electron chi connectivity index (χ3n) is 17.5. The molecule has 4 aliphatic carbocycles. The molecule has 408 valence electrons. The third kappa shape index (κ3) is 10.4. The van der Waals surface area contributed by atoms with Crippen LogP contribution in [-0.2, 0) is 26.4 Å². The predicted octanol–water partition coefficient (Wildman–Crippen LogP) is 16.4. The highest BCUT2D eigenvalue weighted by Crippen LogP contribution is 2.56. The molecule has 0 bridgehead atoms. The van der Waals surface area contributed by atoms with Crippen LogP contribution >= 0.6 is 22.7 Å². The maximum atomic E-state index is 15.8. The van der Waals surface area contributed by atoms with Crippen molar-refractivity contribution in [1.82, 2.24) is 9.13 Å². The number of fused-ring (bicyclic) bond motifs is 4. The van der Waals surface area contributed by atoms with Crippen molar-refractivity contribution in [3.05, 3.63) is 113 Å². The van der Waals surface area contributed by atoms with Gasteiger partial charge in [-0.05, 0) is 153 Å². The van der Waals surface area contributed by atoms with Crippen molar-refractivity contribution in [2.45, 2.75) is 188 Å². The maximum Gasteiger partial charge on any atom is 0.343 e. The Morgan fingerprint density at radius 3 is 1.39 bits per heavy atom. The number of ether oxygens (including phenoxy) is 1. The Hall–Kier alpha value is -4.59. The normalized spacial score (nSPS) is 19.5. The predicted molar refractivity (Wildman–Crippen MR) is 309 cm³/mol. The molecule has 2 aromatic carbocycles. The van der Waals surface area contributed by atoms with Crippen LogP contribution in [0.15, 0.2) is 58.4 Å². The molecule has 0 radical (unpaired) electrons. The first-order valence-corrected chi connectivity index (χ1v) is 34.5. The highest BCUT2D eigenvalue weighted by Gasteiger charge is 2.48. The number of aryl methyl sites for hydroxylation is 2. The quantitative estimate of drug-likeness (QED) is 0.100. The molecule has 0 amide bonds. The first kappa shape index (κ1) is 56.1. The van der Waals surface area contributed by atoms with Crippen LogP contribution < -0.4 is 10.9 Å². The Bertz CT molecular complexity index is 3440. The minimum Gasteiger partial charge on any atom is -0.477 e. The van der Waals surface area contributed by atoms with Gasteiger partial charge in [-0.2, -0.15) is 0 Å². The fraction of sp³-hybridized carbons (Fsp3) is 0.533. The summed E-state index contributed by atoms with van der Waals surface area (Å²) >= 11 is 3.21. The van der Waals surface area contributed by atoms with E-state index < -0.39 is 51.1 Å². The average Bonchev–Trinajstić information content (AvgIpc) is 4.27. The summed E-state index contributed by atoms with van der Waals surface area (Å²) in [6.07, 6.45) is 10.5. The van der Waals surface area contributed by atoms with E-state index in [0.717, 1.165) is 61.1 Å². The lowest BCUT2D eigenvalue weighted by Crippen LogP contribution is -2.45. The molecule has 2 saturated carbocycles. The van der Waals surface area contributed by atoms with Crippen molar-refractivity contribution >= 4 is 73.1 Å². The Balaban J connectivity index is 0.000000186. The molecule has 6 aromatic rings. The number of esters is 1. The monoisotopic (exact) mass is 1110 g/mol. The van der Waals surface area contributed by atoms with Crippen molar-refractivity contribution in [2.24, 2.45) is 10.8 Å². The third-order valence-corrected chi connectivity index (χ3v) is 28.9. The molecule has 0 aliphatic heterocycles. The molecule has 2 unspecified atom stereocenters. The van der Waals surface area contributed by atoms with E-state index >= 15 is 8.78 Å². The van der Waals surface area contributed by atoms with Crippen LogP contribution in [0.25, 0.3) is 42.7 Å². The van der Waals surface area contributed by atoms with Gasteiger partial charge in [-0.3, -0.25) is 9.59 Å². The van der Waals surface area contributed by atoms with E-state index in [1.165, 1.54) is 39.2 Å². The number of carbonyl (C=O) groups is 2. The van der Waals surface area contributed by atoms with Crippen molar-refractivity contribution in [3.8, 4) is 20.9 Å². The van der Waals surface area contributed by atoms with Crippen LogP contribution in [0.4, 0.5) is 8.78 Å². The number of aromatic nitrogens is 2. The molecule has 0 saturated heterocycles. The van der Waals surface area contributed by atoms with Gasteiger partial charge in [0.15, 0.2) is 16.6 Å². The molecule has 4 aromatic heterocycles. The number of benzene rings is 2. The van der Waals surface area contributed by atoms with Gasteiger partial charge in [-0.25, -0.2) is 18.4 Å². The molecule has 10 rings (SSSR count). The van der Waals surface area contributed by atoms with Gasteiger partial charge in [-0.1, -0.05) is 69.2 Å². The number of pyridine rings is 2. The first-order chi connectivity index (χ1) is 35.2. The number of halogens is 2. The number of aromatic carboxylic acids is 1. The summed E-state index contributed by atoms with van der Waals surface area (Å²) < 4.78 is 54.3. The average molecular weight is 1110 g/mol. The largest absolute Gasteiger partial charge is 0.477 e. The second kappa shape index (κ2) is 19.6. The second-order valence-corrected chi connectivity index (χ2v) is 37.9. The molecular formula is C60H76F2N2O8S2Si2. The van der Waals surface area contributed by atoms with Gasteiger partial charge in [-0.15, -0.1) is 22.7 Å². The minimum atomic E-state index is -2.05. The van der Waals surface area contributed by atoms with Gasteiger partial charge >= 0.3 is 11.9 Å². The lowest BCUT2D eigenvalue weighted by atomic mass is 9.75. The van der Waals surface area contributed by atoms with E-state index in [1.807, 2.05) is 9.13 Å². The maximum absolute atomic E-state index is 15.8. The summed E-state index contributed by atoms with van der Waals surface area (Å²) in [5.74, 6) is -2.91. The number of nitrogens with zero attached hydrogens (tertiary/aromatic N) is 2. The fourth-order valence-electron chi connectivity index (χ4n) is 10.2. The minimum absolute atomic E-state index is 0.0253. The van der Waals surface area contributed by atoms with Crippen LogP contribution in [0.3, 0.4) is 0 Å². The summed E-state index contributed by atoms with van der Waals surface area (Å²) in [7, 11) is -4.10. The number of rotatable bonds is 11. The van der Waals surface area contributed by atoms with E-state index in [0.29, 0.717) is 22.2 Å². The lowest BCUT2D eigenvalue weighted by Gasteiger charge is -2.46. The highest BCUT2D eigenvalue weighted by atomic mass is 32.1. The van der Waals surface area contributed by atoms with E-state index in [1.54, 1.807) is 47.9 Å². The molecular weight excluding hydrogens is 1030 g/mol. The lowest BCUT2D eigenvalue weighted by molar-refractivity contribution is 0.0472. The van der Waals surface area contributed by atoms with Crippen molar-refractivity contribution < 1.29 is 37.1 Å². The van der Waals surface area contributed by atoms with Crippen LogP contribution in [0.5, 0.6) is 0 Å². The molecule has 76 heavy (non-hydrogen) atoms. The molecule has 4 aliphatic rings. The van der Waals surface area contributed by atoms with Crippen LogP contribution in [-0.4, -0.2) is 49.4 Å².